The van der Waals surface area contributed by atoms with Gasteiger partial charge in [0.25, 0.3) is 5.91 Å². The fourth-order valence-corrected chi connectivity index (χ4v) is 4.48. The van der Waals surface area contributed by atoms with Gasteiger partial charge < -0.3 is 20.3 Å². The normalized spacial score (nSPS) is 12.8. The van der Waals surface area contributed by atoms with E-state index >= 15 is 0 Å². The van der Waals surface area contributed by atoms with Crippen LogP contribution in [-0.4, -0.2) is 53.0 Å². The Balaban J connectivity index is 2.49. The van der Waals surface area contributed by atoms with Gasteiger partial charge in [-0.2, -0.15) is 11.8 Å². The molecule has 0 radical (unpaired) electrons. The number of benzene rings is 2. The van der Waals surface area contributed by atoms with Gasteiger partial charge in [0.2, 0.25) is 5.91 Å². The predicted molar refractivity (Wildman–Crippen MR) is 152 cm³/mol. The summed E-state index contributed by atoms with van der Waals surface area (Å²) in [7, 11) is 0. The van der Waals surface area contributed by atoms with Crippen molar-refractivity contribution in [3.05, 3.63) is 65.2 Å². The lowest BCUT2D eigenvalue weighted by Gasteiger charge is -2.35. The van der Waals surface area contributed by atoms with Crippen LogP contribution < -0.4 is 10.6 Å². The number of para-hydroxylation sites is 1. The summed E-state index contributed by atoms with van der Waals surface area (Å²) in [6.07, 6.45) is 2.36. The molecular weight excluding hydrogens is 486 g/mol. The van der Waals surface area contributed by atoms with Gasteiger partial charge in [0.1, 0.15) is 17.7 Å². The van der Waals surface area contributed by atoms with Gasteiger partial charge in [0.05, 0.1) is 0 Å². The minimum Gasteiger partial charge on any atom is -0.444 e. The van der Waals surface area contributed by atoms with E-state index in [-0.39, 0.29) is 11.8 Å². The van der Waals surface area contributed by atoms with E-state index in [2.05, 4.69) is 10.6 Å². The molecule has 0 aliphatic carbocycles. The number of hydrogen-bond acceptors (Lipinski definition) is 5. The second-order valence-corrected chi connectivity index (χ2v) is 11.1. The number of carbonyl (C=O) groups is 3. The molecule has 2 aromatic rings. The van der Waals surface area contributed by atoms with Crippen LogP contribution in [0.5, 0.6) is 0 Å². The zero-order valence-electron chi connectivity index (χ0n) is 23.1. The van der Waals surface area contributed by atoms with E-state index in [1.54, 1.807) is 37.4 Å². The number of alkyl carbamates (subject to hydrolysis) is 1. The Morgan fingerprint density at radius 1 is 1.00 bits per heavy atom. The maximum atomic E-state index is 14.1. The number of amides is 3. The smallest absolute Gasteiger partial charge is 0.408 e. The monoisotopic (exact) mass is 527 g/mol. The molecule has 2 atom stereocenters. The average Bonchev–Trinajstić information content (AvgIpc) is 2.82. The summed E-state index contributed by atoms with van der Waals surface area (Å²) in [6.45, 7) is 11.5. The third-order valence-electron chi connectivity index (χ3n) is 5.79. The van der Waals surface area contributed by atoms with Gasteiger partial charge in [-0.1, -0.05) is 49.4 Å². The van der Waals surface area contributed by atoms with Gasteiger partial charge in [0, 0.05) is 12.2 Å². The van der Waals surface area contributed by atoms with Crippen LogP contribution in [0, 0.1) is 13.8 Å². The summed E-state index contributed by atoms with van der Waals surface area (Å²) in [6, 6.07) is 13.4. The fourth-order valence-electron chi connectivity index (χ4n) is 4.01. The number of ether oxygens (including phenoxy) is 1. The fraction of sp³-hybridized carbons (Fsp3) is 0.483. The predicted octanol–water partition coefficient (Wildman–Crippen LogP) is 5.87. The molecule has 0 aliphatic rings. The van der Waals surface area contributed by atoms with Crippen LogP contribution in [0.25, 0.3) is 0 Å². The van der Waals surface area contributed by atoms with Gasteiger partial charge in [-0.25, -0.2) is 4.79 Å². The number of anilines is 1. The van der Waals surface area contributed by atoms with Gasteiger partial charge in [-0.05, 0) is 82.2 Å². The SMILES string of the molecule is CCCN(C(=O)C(CCSC)NC(=O)OC(C)(C)C)C(C(=O)Nc1ccccc1C)c1ccccc1C. The van der Waals surface area contributed by atoms with E-state index in [4.69, 9.17) is 4.74 Å². The van der Waals surface area contributed by atoms with Crippen molar-refractivity contribution in [3.63, 3.8) is 0 Å². The maximum Gasteiger partial charge on any atom is 0.408 e. The Bertz CT molecular complexity index is 1070. The standard InChI is InChI=1S/C29H41N3O4S/c1-8-18-32(27(34)24(17-19-37-7)31-28(35)36-29(4,5)6)25(22-15-11-9-13-20(22)2)26(33)30-23-16-12-10-14-21(23)3/h9-16,24-25H,8,17-19H2,1-7H3,(H,30,33)(H,31,35). The summed E-state index contributed by atoms with van der Waals surface area (Å²) in [5.41, 5.74) is 2.58. The second kappa shape index (κ2) is 14.1. The van der Waals surface area contributed by atoms with Crippen molar-refractivity contribution in [1.29, 1.82) is 0 Å². The first-order chi connectivity index (χ1) is 17.5. The Hall–Kier alpha value is -3.00. The second-order valence-electron chi connectivity index (χ2n) is 10.1. The van der Waals surface area contributed by atoms with Gasteiger partial charge >= 0.3 is 6.09 Å². The minimum atomic E-state index is -0.870. The largest absolute Gasteiger partial charge is 0.444 e. The number of nitrogens with one attached hydrogen (secondary N) is 2. The molecule has 0 bridgehead atoms. The molecular formula is C29H41N3O4S. The molecule has 2 unspecified atom stereocenters. The highest BCUT2D eigenvalue weighted by Gasteiger charge is 2.36. The van der Waals surface area contributed by atoms with Crippen LogP contribution in [-0.2, 0) is 14.3 Å². The molecule has 0 fully saturated rings. The molecule has 7 nitrogen and oxygen atoms in total. The molecule has 8 heteroatoms. The van der Waals surface area contributed by atoms with Crippen molar-refractivity contribution in [2.75, 3.05) is 23.9 Å². The Morgan fingerprint density at radius 2 is 1.62 bits per heavy atom. The van der Waals surface area contributed by atoms with Crippen molar-refractivity contribution in [2.24, 2.45) is 0 Å². The quantitative estimate of drug-likeness (QED) is 0.382. The van der Waals surface area contributed by atoms with E-state index in [1.165, 1.54) is 0 Å². The number of hydrogen-bond donors (Lipinski definition) is 2. The van der Waals surface area contributed by atoms with Crippen LogP contribution in [0.2, 0.25) is 0 Å². The van der Waals surface area contributed by atoms with Gasteiger partial charge in [-0.3, -0.25) is 9.59 Å². The number of thioether (sulfide) groups is 1. The van der Waals surface area contributed by atoms with Crippen LogP contribution >= 0.6 is 11.8 Å². The Morgan fingerprint density at radius 3 is 2.19 bits per heavy atom. The zero-order chi connectivity index (χ0) is 27.6. The molecule has 202 valence electrons. The van der Waals surface area contributed by atoms with Crippen molar-refractivity contribution in [2.45, 2.75) is 72.1 Å². The topological polar surface area (TPSA) is 87.7 Å². The van der Waals surface area contributed by atoms with Crippen LogP contribution in [0.3, 0.4) is 0 Å². The third-order valence-corrected chi connectivity index (χ3v) is 6.44. The van der Waals surface area contributed by atoms with Crippen LogP contribution in [0.1, 0.15) is 63.3 Å². The lowest BCUT2D eigenvalue weighted by atomic mass is 9.97. The van der Waals surface area contributed by atoms with E-state index in [0.717, 1.165) is 16.7 Å². The highest BCUT2D eigenvalue weighted by Crippen LogP contribution is 2.28. The number of aryl methyl sites for hydroxylation is 2. The van der Waals surface area contributed by atoms with Crippen molar-refractivity contribution >= 4 is 35.4 Å². The first-order valence-corrected chi connectivity index (χ1v) is 14.1. The third kappa shape index (κ3) is 9.11. The van der Waals surface area contributed by atoms with E-state index in [1.807, 2.05) is 75.6 Å². The summed E-state index contributed by atoms with van der Waals surface area (Å²) < 4.78 is 5.44. The highest BCUT2D eigenvalue weighted by molar-refractivity contribution is 7.98. The first kappa shape index (κ1) is 30.2. The molecule has 0 saturated carbocycles. The van der Waals surface area contributed by atoms with E-state index < -0.39 is 23.8 Å². The van der Waals surface area contributed by atoms with Crippen molar-refractivity contribution < 1.29 is 19.1 Å². The minimum absolute atomic E-state index is 0.300. The molecule has 0 aliphatic heterocycles. The zero-order valence-corrected chi connectivity index (χ0v) is 23.9. The average molecular weight is 528 g/mol. The molecule has 0 saturated heterocycles. The lowest BCUT2D eigenvalue weighted by Crippen LogP contribution is -2.53. The van der Waals surface area contributed by atoms with Gasteiger partial charge in [0.15, 0.2) is 0 Å². The molecule has 37 heavy (non-hydrogen) atoms. The molecule has 0 aromatic heterocycles. The molecule has 2 aromatic carbocycles. The summed E-state index contributed by atoms with van der Waals surface area (Å²) in [4.78, 5) is 42.1. The molecule has 3 amide bonds. The molecule has 2 N–H and O–H groups in total. The molecule has 2 rings (SSSR count). The van der Waals surface area contributed by atoms with Gasteiger partial charge in [-0.15, -0.1) is 0 Å². The number of nitrogens with zero attached hydrogens (tertiary/aromatic N) is 1. The Kier molecular flexibility index (Phi) is 11.5. The van der Waals surface area contributed by atoms with Crippen molar-refractivity contribution in [3.8, 4) is 0 Å². The van der Waals surface area contributed by atoms with E-state index in [0.29, 0.717) is 30.8 Å². The number of rotatable bonds is 11. The highest BCUT2D eigenvalue weighted by atomic mass is 32.2. The van der Waals surface area contributed by atoms with E-state index in [9.17, 15) is 14.4 Å². The molecule has 0 heterocycles. The maximum absolute atomic E-state index is 14.1. The number of carbonyl (C=O) groups excluding carboxylic acids is 3. The lowest BCUT2D eigenvalue weighted by molar-refractivity contribution is -0.140. The van der Waals surface area contributed by atoms with Crippen LogP contribution in [0.15, 0.2) is 48.5 Å². The van der Waals surface area contributed by atoms with Crippen LogP contribution in [0.4, 0.5) is 10.5 Å². The summed E-state index contributed by atoms with van der Waals surface area (Å²) in [5, 5.41) is 5.80. The Labute approximate surface area is 225 Å². The first-order valence-electron chi connectivity index (χ1n) is 12.7. The molecule has 0 spiro atoms. The van der Waals surface area contributed by atoms with Crippen molar-refractivity contribution in [1.82, 2.24) is 10.2 Å². The summed E-state index contributed by atoms with van der Waals surface area (Å²) >= 11 is 1.59. The summed E-state index contributed by atoms with van der Waals surface area (Å²) in [5.74, 6) is 0.0533.